The fraction of sp³-hybridized carbons (Fsp3) is 0.600. The molecule has 1 saturated carbocycles. The maximum absolute atomic E-state index is 11.5. The summed E-state index contributed by atoms with van der Waals surface area (Å²) < 4.78 is 2.00. The Hall–Kier alpha value is -0.840. The summed E-state index contributed by atoms with van der Waals surface area (Å²) in [5, 5.41) is 0. The molecule has 1 aliphatic carbocycles. The number of nitrogens with one attached hydrogen (secondary N) is 1. The van der Waals surface area contributed by atoms with E-state index in [1.54, 1.807) is 10.8 Å². The molecule has 82 valence electrons. The number of hydrogen-bond donors (Lipinski definition) is 1. The summed E-state index contributed by atoms with van der Waals surface area (Å²) in [7, 11) is 0. The van der Waals surface area contributed by atoms with Crippen molar-refractivity contribution in [2.24, 2.45) is 5.92 Å². The Morgan fingerprint density at radius 3 is 2.73 bits per heavy atom. The molecule has 1 aliphatic rings. The zero-order chi connectivity index (χ0) is 10.8. The lowest BCUT2D eigenvalue weighted by molar-refractivity contribution is 0.442. The number of aromatic amines is 1. The summed E-state index contributed by atoms with van der Waals surface area (Å²) >= 11 is 3.13. The number of rotatable bonds is 2. The lowest BCUT2D eigenvalue weighted by Crippen LogP contribution is -2.31. The van der Waals surface area contributed by atoms with Crippen LogP contribution in [-0.4, -0.2) is 9.55 Å². The van der Waals surface area contributed by atoms with Crippen LogP contribution in [0.15, 0.2) is 20.3 Å². The summed E-state index contributed by atoms with van der Waals surface area (Å²) in [6.45, 7) is 0.716. The van der Waals surface area contributed by atoms with Gasteiger partial charge in [-0.25, -0.2) is 4.79 Å². The molecule has 0 aromatic carbocycles. The second-order valence-corrected chi connectivity index (χ2v) is 4.89. The minimum atomic E-state index is -0.359. The van der Waals surface area contributed by atoms with E-state index in [1.807, 2.05) is 0 Å². The molecule has 4 nitrogen and oxygen atoms in total. The van der Waals surface area contributed by atoms with Gasteiger partial charge in [0, 0.05) is 12.7 Å². The quantitative estimate of drug-likeness (QED) is 0.887. The summed E-state index contributed by atoms with van der Waals surface area (Å²) in [6.07, 6.45) is 6.46. The monoisotopic (exact) mass is 272 g/mol. The molecule has 1 aromatic rings. The molecule has 0 amide bonds. The van der Waals surface area contributed by atoms with Gasteiger partial charge in [-0.1, -0.05) is 12.8 Å². The Kier molecular flexibility index (Phi) is 3.09. The van der Waals surface area contributed by atoms with Gasteiger partial charge in [-0.05, 0) is 34.7 Å². The van der Waals surface area contributed by atoms with E-state index in [-0.39, 0.29) is 11.2 Å². The second-order valence-electron chi connectivity index (χ2n) is 4.04. The van der Waals surface area contributed by atoms with Crippen LogP contribution in [0.4, 0.5) is 0 Å². The SMILES string of the molecule is O=c1[nH]c(=O)n(CC2CCCC2)cc1Br. The van der Waals surface area contributed by atoms with E-state index in [0.717, 1.165) is 0 Å². The zero-order valence-electron chi connectivity index (χ0n) is 8.33. The second kappa shape index (κ2) is 4.35. The van der Waals surface area contributed by atoms with Crippen molar-refractivity contribution >= 4 is 15.9 Å². The van der Waals surface area contributed by atoms with Crippen LogP contribution in [-0.2, 0) is 6.54 Å². The van der Waals surface area contributed by atoms with E-state index in [1.165, 1.54) is 25.7 Å². The highest BCUT2D eigenvalue weighted by atomic mass is 79.9. The minimum Gasteiger partial charge on any atom is -0.299 e. The zero-order valence-corrected chi connectivity index (χ0v) is 9.92. The van der Waals surface area contributed by atoms with Gasteiger partial charge in [-0.15, -0.1) is 0 Å². The Morgan fingerprint density at radius 2 is 2.07 bits per heavy atom. The molecule has 5 heteroatoms. The van der Waals surface area contributed by atoms with Crippen LogP contribution in [0.2, 0.25) is 0 Å². The molecule has 0 aliphatic heterocycles. The first-order valence-electron chi connectivity index (χ1n) is 5.16. The third-order valence-electron chi connectivity index (χ3n) is 2.90. The van der Waals surface area contributed by atoms with Gasteiger partial charge in [-0.3, -0.25) is 14.3 Å². The number of hydrogen-bond acceptors (Lipinski definition) is 2. The normalized spacial score (nSPS) is 17.1. The summed E-state index contributed by atoms with van der Waals surface area (Å²) in [5.41, 5.74) is -0.669. The molecule has 0 atom stereocenters. The summed E-state index contributed by atoms with van der Waals surface area (Å²) in [6, 6.07) is 0. The largest absolute Gasteiger partial charge is 0.328 e. The van der Waals surface area contributed by atoms with Gasteiger partial charge in [-0.2, -0.15) is 0 Å². The lowest BCUT2D eigenvalue weighted by atomic mass is 10.1. The predicted molar refractivity (Wildman–Crippen MR) is 61.0 cm³/mol. The average molecular weight is 273 g/mol. The van der Waals surface area contributed by atoms with Crippen molar-refractivity contribution in [3.05, 3.63) is 31.5 Å². The maximum atomic E-state index is 11.5. The van der Waals surface area contributed by atoms with Gasteiger partial charge in [0.25, 0.3) is 5.56 Å². The number of aromatic nitrogens is 2. The van der Waals surface area contributed by atoms with Crippen molar-refractivity contribution < 1.29 is 0 Å². The predicted octanol–water partition coefficient (Wildman–Crippen LogP) is 1.49. The molecule has 1 fully saturated rings. The molecular weight excluding hydrogens is 260 g/mol. The van der Waals surface area contributed by atoms with Gasteiger partial charge < -0.3 is 0 Å². The molecule has 0 radical (unpaired) electrons. The first-order valence-corrected chi connectivity index (χ1v) is 5.95. The Balaban J connectivity index is 2.24. The molecule has 0 bridgehead atoms. The standard InChI is InChI=1S/C10H13BrN2O2/c11-8-6-13(10(15)12-9(8)14)5-7-3-1-2-4-7/h6-7H,1-5H2,(H,12,14,15). The smallest absolute Gasteiger partial charge is 0.299 e. The average Bonchev–Trinajstić information content (AvgIpc) is 2.67. The number of H-pyrrole nitrogens is 1. The maximum Gasteiger partial charge on any atom is 0.328 e. The Morgan fingerprint density at radius 1 is 1.40 bits per heavy atom. The molecular formula is C10H13BrN2O2. The molecule has 15 heavy (non-hydrogen) atoms. The third-order valence-corrected chi connectivity index (χ3v) is 3.46. The van der Waals surface area contributed by atoms with Crippen molar-refractivity contribution in [3.63, 3.8) is 0 Å². The van der Waals surface area contributed by atoms with Crippen LogP contribution < -0.4 is 11.2 Å². The highest BCUT2D eigenvalue weighted by Crippen LogP contribution is 2.25. The Bertz CT molecular complexity index is 457. The first kappa shape index (κ1) is 10.7. The molecule has 1 aromatic heterocycles. The highest BCUT2D eigenvalue weighted by molar-refractivity contribution is 9.10. The van der Waals surface area contributed by atoms with Gasteiger partial charge in [0.1, 0.15) is 0 Å². The van der Waals surface area contributed by atoms with Gasteiger partial charge >= 0.3 is 5.69 Å². The van der Waals surface area contributed by atoms with E-state index in [2.05, 4.69) is 20.9 Å². The van der Waals surface area contributed by atoms with E-state index in [0.29, 0.717) is 16.9 Å². The number of nitrogens with zero attached hydrogens (tertiary/aromatic N) is 1. The van der Waals surface area contributed by atoms with Gasteiger partial charge in [0.2, 0.25) is 0 Å². The molecule has 0 saturated heterocycles. The van der Waals surface area contributed by atoms with Gasteiger partial charge in [0.15, 0.2) is 0 Å². The van der Waals surface area contributed by atoms with Crippen LogP contribution in [0.3, 0.4) is 0 Å². The van der Waals surface area contributed by atoms with E-state index in [4.69, 9.17) is 0 Å². The minimum absolute atomic E-state index is 0.310. The van der Waals surface area contributed by atoms with Gasteiger partial charge in [0.05, 0.1) is 4.47 Å². The van der Waals surface area contributed by atoms with Crippen molar-refractivity contribution in [2.75, 3.05) is 0 Å². The van der Waals surface area contributed by atoms with E-state index < -0.39 is 0 Å². The number of halogens is 1. The molecule has 1 heterocycles. The first-order chi connectivity index (χ1) is 7.16. The van der Waals surface area contributed by atoms with Crippen molar-refractivity contribution in [3.8, 4) is 0 Å². The topological polar surface area (TPSA) is 54.9 Å². The van der Waals surface area contributed by atoms with E-state index in [9.17, 15) is 9.59 Å². The fourth-order valence-electron chi connectivity index (χ4n) is 2.09. The molecule has 1 N–H and O–H groups in total. The summed E-state index contributed by atoms with van der Waals surface area (Å²) in [5.74, 6) is 0.584. The van der Waals surface area contributed by atoms with Crippen LogP contribution in [0.25, 0.3) is 0 Å². The van der Waals surface area contributed by atoms with Crippen LogP contribution in [0, 0.1) is 5.92 Å². The lowest BCUT2D eigenvalue weighted by Gasteiger charge is -2.10. The molecule has 0 spiro atoms. The molecule has 0 unspecified atom stereocenters. The van der Waals surface area contributed by atoms with Crippen LogP contribution in [0.5, 0.6) is 0 Å². The van der Waals surface area contributed by atoms with Crippen LogP contribution >= 0.6 is 15.9 Å². The van der Waals surface area contributed by atoms with E-state index >= 15 is 0 Å². The fourth-order valence-corrected chi connectivity index (χ4v) is 2.44. The Labute approximate surface area is 95.5 Å². The van der Waals surface area contributed by atoms with Crippen molar-refractivity contribution in [1.82, 2.24) is 9.55 Å². The molecule has 2 rings (SSSR count). The summed E-state index contributed by atoms with van der Waals surface area (Å²) in [4.78, 5) is 24.9. The van der Waals surface area contributed by atoms with Crippen molar-refractivity contribution in [1.29, 1.82) is 0 Å². The highest BCUT2D eigenvalue weighted by Gasteiger charge is 2.16. The van der Waals surface area contributed by atoms with Crippen LogP contribution in [0.1, 0.15) is 25.7 Å². The van der Waals surface area contributed by atoms with Crippen molar-refractivity contribution in [2.45, 2.75) is 32.2 Å². The third kappa shape index (κ3) is 2.40.